The Morgan fingerprint density at radius 1 is 1.21 bits per heavy atom. The van der Waals surface area contributed by atoms with Gasteiger partial charge in [0.1, 0.15) is 5.41 Å². The molecule has 3 aromatic heterocycles. The number of nitrogens with one attached hydrogen (secondary N) is 3. The summed E-state index contributed by atoms with van der Waals surface area (Å²) < 4.78 is 37.7. The molecule has 1 aromatic carbocycles. The molecule has 1 saturated heterocycles. The number of rotatable bonds is 8. The van der Waals surface area contributed by atoms with E-state index >= 15 is 0 Å². The second-order valence-corrected chi connectivity index (χ2v) is 11.1. The first-order chi connectivity index (χ1) is 20.2. The number of anilines is 2. The fourth-order valence-corrected chi connectivity index (χ4v) is 4.95. The van der Waals surface area contributed by atoms with Gasteiger partial charge in [-0.3, -0.25) is 14.8 Å². The van der Waals surface area contributed by atoms with E-state index in [1.807, 2.05) is 25.1 Å². The number of H-pyrrole nitrogens is 1. The Morgan fingerprint density at radius 2 is 2.05 bits per heavy atom. The molecule has 2 aliphatic rings. The van der Waals surface area contributed by atoms with Crippen LogP contribution in [-0.4, -0.2) is 73.4 Å². The van der Waals surface area contributed by atoms with Gasteiger partial charge >= 0.3 is 11.8 Å². The van der Waals surface area contributed by atoms with Gasteiger partial charge in [0.15, 0.2) is 0 Å². The zero-order valence-electron chi connectivity index (χ0n) is 23.4. The molecule has 14 heteroatoms. The first kappa shape index (κ1) is 27.8. The molecule has 6 rings (SSSR count). The van der Waals surface area contributed by atoms with Crippen LogP contribution in [0.15, 0.2) is 41.1 Å². The van der Waals surface area contributed by atoms with Crippen LogP contribution in [-0.2, 0) is 16.7 Å². The van der Waals surface area contributed by atoms with Crippen LogP contribution in [0.5, 0.6) is 0 Å². The molecule has 4 aromatic rings. The second kappa shape index (κ2) is 11.2. The zero-order chi connectivity index (χ0) is 29.4. The number of fused-ring (bicyclic) bond motifs is 1. The summed E-state index contributed by atoms with van der Waals surface area (Å²) in [5.41, 5.74) is 3.61. The molecule has 0 bridgehead atoms. The van der Waals surface area contributed by atoms with Gasteiger partial charge < -0.3 is 19.8 Å². The number of hydrogen-bond acceptors (Lipinski definition) is 10. The van der Waals surface area contributed by atoms with Crippen LogP contribution >= 0.6 is 0 Å². The van der Waals surface area contributed by atoms with Crippen molar-refractivity contribution in [2.45, 2.75) is 57.7 Å². The minimum Gasteiger partial charge on any atom is -0.416 e. The predicted molar refractivity (Wildman–Crippen MR) is 147 cm³/mol. The van der Waals surface area contributed by atoms with Gasteiger partial charge in [0.25, 0.3) is 6.43 Å². The van der Waals surface area contributed by atoms with E-state index in [1.165, 1.54) is 13.8 Å². The average Bonchev–Trinajstić information content (AvgIpc) is 3.56. The van der Waals surface area contributed by atoms with E-state index < -0.39 is 17.7 Å². The van der Waals surface area contributed by atoms with Crippen molar-refractivity contribution in [1.82, 2.24) is 40.6 Å². The van der Waals surface area contributed by atoms with Crippen LogP contribution in [0.25, 0.3) is 11.3 Å². The number of aromatic amines is 1. The molecule has 0 radical (unpaired) electrons. The van der Waals surface area contributed by atoms with Crippen molar-refractivity contribution in [3.8, 4) is 11.3 Å². The summed E-state index contributed by atoms with van der Waals surface area (Å²) in [6.07, 6.45) is 1.27. The van der Waals surface area contributed by atoms with Crippen LogP contribution in [0.1, 0.15) is 59.7 Å². The number of amides is 1. The highest BCUT2D eigenvalue weighted by atomic mass is 19.3. The maximum atomic E-state index is 13.4. The molecule has 1 amide bonds. The van der Waals surface area contributed by atoms with Crippen molar-refractivity contribution < 1.29 is 22.7 Å². The maximum absolute atomic E-state index is 13.4. The Morgan fingerprint density at radius 3 is 2.76 bits per heavy atom. The molecule has 1 unspecified atom stereocenters. The van der Waals surface area contributed by atoms with E-state index in [9.17, 15) is 13.6 Å². The van der Waals surface area contributed by atoms with Crippen molar-refractivity contribution in [1.29, 1.82) is 0 Å². The lowest BCUT2D eigenvalue weighted by Crippen LogP contribution is -2.48. The summed E-state index contributed by atoms with van der Waals surface area (Å²) in [5, 5.41) is 20.6. The summed E-state index contributed by atoms with van der Waals surface area (Å²) in [7, 11) is 0. The molecule has 0 aliphatic carbocycles. The van der Waals surface area contributed by atoms with Crippen molar-refractivity contribution in [2.24, 2.45) is 0 Å². The number of aryl methyl sites for hydroxylation is 1. The topological polar surface area (TPSA) is 147 Å². The minimum atomic E-state index is -2.73. The molecule has 5 heterocycles. The van der Waals surface area contributed by atoms with Crippen LogP contribution in [0.2, 0.25) is 0 Å². The molecule has 12 nitrogen and oxygen atoms in total. The highest BCUT2D eigenvalue weighted by Gasteiger charge is 2.38. The number of benzene rings is 1. The smallest absolute Gasteiger partial charge is 0.309 e. The first-order valence-corrected chi connectivity index (χ1v) is 13.7. The summed E-state index contributed by atoms with van der Waals surface area (Å²) in [4.78, 5) is 24.5. The largest absolute Gasteiger partial charge is 0.416 e. The van der Waals surface area contributed by atoms with Gasteiger partial charge in [0, 0.05) is 24.8 Å². The molecule has 2 aliphatic heterocycles. The highest BCUT2D eigenvalue weighted by molar-refractivity contribution is 5.89. The molecule has 1 fully saturated rings. The van der Waals surface area contributed by atoms with E-state index in [4.69, 9.17) is 14.1 Å². The molecule has 220 valence electrons. The van der Waals surface area contributed by atoms with E-state index in [1.54, 1.807) is 12.4 Å². The second-order valence-electron chi connectivity index (χ2n) is 11.1. The van der Waals surface area contributed by atoms with Crippen molar-refractivity contribution in [2.75, 3.05) is 25.1 Å². The molecule has 3 N–H and O–H groups in total. The van der Waals surface area contributed by atoms with E-state index in [2.05, 4.69) is 47.0 Å². The molecular weight excluding hydrogens is 548 g/mol. The highest BCUT2D eigenvalue weighted by Crippen LogP contribution is 2.33. The quantitative estimate of drug-likeness (QED) is 0.281. The van der Waals surface area contributed by atoms with Crippen molar-refractivity contribution in [3.63, 3.8) is 0 Å². The number of nitrogens with zero attached hydrogens (tertiary/aromatic N) is 6. The number of aromatic nitrogens is 6. The lowest BCUT2D eigenvalue weighted by Gasteiger charge is -2.36. The number of carbonyl (C=O) groups excluding carboxylic acids is 1. The van der Waals surface area contributed by atoms with E-state index in [-0.39, 0.29) is 17.8 Å². The lowest BCUT2D eigenvalue weighted by atomic mass is 9.94. The number of halogens is 2. The van der Waals surface area contributed by atoms with E-state index in [0.29, 0.717) is 38.2 Å². The third-order valence-corrected chi connectivity index (χ3v) is 7.78. The Labute approximate surface area is 240 Å². The Balaban J connectivity index is 1.27. The zero-order valence-corrected chi connectivity index (χ0v) is 23.4. The summed E-state index contributed by atoms with van der Waals surface area (Å²) in [5.74, 6) is -0.801. The van der Waals surface area contributed by atoms with Gasteiger partial charge in [-0.1, -0.05) is 12.1 Å². The van der Waals surface area contributed by atoms with Gasteiger partial charge in [0.05, 0.1) is 48.6 Å². The fraction of sp³-hybridized carbons (Fsp3) is 0.429. The standard InChI is InChI=1S/C28H31F2N9O3/c1-15-22(11-32-36-15)35-27-31-8-6-20(34-27)16-4-5-19-17(10-16)12-39(18-13-41-14-18)9-7-21(19)33-23(40)24-37-38-26(42-24)28(2,3)25(29)30/h4-6,8,10-11,18,21,25H,7,9,12-14H2,1-3H3,(H,32,36)(H,33,40)(H,31,34,35). The van der Waals surface area contributed by atoms with Crippen LogP contribution < -0.4 is 10.6 Å². The summed E-state index contributed by atoms with van der Waals surface area (Å²) in [6, 6.07) is 7.81. The molecule has 0 spiro atoms. The van der Waals surface area contributed by atoms with E-state index in [0.717, 1.165) is 40.3 Å². The SMILES string of the molecule is Cc1[nH]ncc1Nc1nccc(-c2ccc3c(c2)CN(C2COC2)CCC3NC(=O)c2nnc(C(C)(C)C(F)F)o2)n1. The normalized spacial score (nSPS) is 17.9. The minimum absolute atomic E-state index is 0.286. The number of alkyl halides is 2. The molecule has 0 saturated carbocycles. The Hall–Kier alpha value is -4.30. The number of ether oxygens (including phenoxy) is 1. The predicted octanol–water partition coefficient (Wildman–Crippen LogP) is 3.92. The average molecular weight is 580 g/mol. The monoisotopic (exact) mass is 579 g/mol. The molecule has 1 atom stereocenters. The van der Waals surface area contributed by atoms with Gasteiger partial charge in [-0.25, -0.2) is 18.7 Å². The number of carbonyl (C=O) groups is 1. The molecular formula is C28H31F2N9O3. The van der Waals surface area contributed by atoms with Gasteiger partial charge in [-0.2, -0.15) is 5.10 Å². The molecule has 42 heavy (non-hydrogen) atoms. The first-order valence-electron chi connectivity index (χ1n) is 13.7. The van der Waals surface area contributed by atoms with Gasteiger partial charge in [0.2, 0.25) is 11.8 Å². The maximum Gasteiger partial charge on any atom is 0.309 e. The lowest BCUT2D eigenvalue weighted by molar-refractivity contribution is -0.0678. The summed E-state index contributed by atoms with van der Waals surface area (Å²) in [6.45, 7) is 7.20. The fourth-order valence-electron chi connectivity index (χ4n) is 4.95. The van der Waals surface area contributed by atoms with Crippen LogP contribution in [0.3, 0.4) is 0 Å². The van der Waals surface area contributed by atoms with Gasteiger partial charge in [-0.05, 0) is 50.5 Å². The van der Waals surface area contributed by atoms with Crippen LogP contribution in [0.4, 0.5) is 20.4 Å². The number of hydrogen-bond donors (Lipinski definition) is 3. The van der Waals surface area contributed by atoms with Gasteiger partial charge in [-0.15, -0.1) is 10.2 Å². The van der Waals surface area contributed by atoms with Crippen molar-refractivity contribution in [3.05, 3.63) is 65.3 Å². The Bertz CT molecular complexity index is 1580. The third kappa shape index (κ3) is 5.46. The third-order valence-electron chi connectivity index (χ3n) is 7.78. The van der Waals surface area contributed by atoms with Crippen molar-refractivity contribution >= 4 is 17.5 Å². The van der Waals surface area contributed by atoms with Crippen LogP contribution in [0, 0.1) is 6.92 Å². The summed E-state index contributed by atoms with van der Waals surface area (Å²) >= 11 is 0. The Kier molecular flexibility index (Phi) is 7.41.